The smallest absolute Gasteiger partial charge is 0.128 e. The lowest BCUT2D eigenvalue weighted by Gasteiger charge is -2.36. The molecule has 1 fully saturated rings. The number of hydrogen-bond donors (Lipinski definition) is 0. The van der Waals surface area contributed by atoms with Gasteiger partial charge in [-0.05, 0) is 19.1 Å². The largest absolute Gasteiger partial charge is 0.354 e. The number of aromatic nitrogens is 1. The van der Waals surface area contributed by atoms with E-state index in [0.717, 1.165) is 25.5 Å². The van der Waals surface area contributed by atoms with Crippen LogP contribution in [0.4, 0.5) is 5.82 Å². The number of hydrogen-bond acceptors (Lipinski definition) is 3. The topological polar surface area (TPSA) is 19.4 Å². The third kappa shape index (κ3) is 2.17. The van der Waals surface area contributed by atoms with Gasteiger partial charge in [0.15, 0.2) is 0 Å². The van der Waals surface area contributed by atoms with Crippen LogP contribution in [0.1, 0.15) is 6.92 Å². The van der Waals surface area contributed by atoms with Crippen molar-refractivity contribution < 1.29 is 0 Å². The van der Waals surface area contributed by atoms with Crippen LogP contribution in [0, 0.1) is 0 Å². The van der Waals surface area contributed by atoms with E-state index in [2.05, 4.69) is 48.9 Å². The number of anilines is 1. The Labute approximate surface area is 98.6 Å². The van der Waals surface area contributed by atoms with Gasteiger partial charge in [-0.2, -0.15) is 0 Å². The number of nitrogens with zero attached hydrogens (tertiary/aromatic N) is 3. The van der Waals surface area contributed by atoms with Crippen molar-refractivity contribution in [3.05, 3.63) is 24.4 Å². The molecule has 0 spiro atoms. The highest BCUT2D eigenvalue weighted by Crippen LogP contribution is 2.18. The summed E-state index contributed by atoms with van der Waals surface area (Å²) in [5.74, 6) is 1.10. The van der Waals surface area contributed by atoms with Gasteiger partial charge in [-0.25, -0.2) is 8.10 Å². The summed E-state index contributed by atoms with van der Waals surface area (Å²) in [5, 5.41) is 0. The first-order valence-corrected chi connectivity index (χ1v) is 5.82. The van der Waals surface area contributed by atoms with E-state index in [-0.39, 0.29) is 0 Å². The lowest BCUT2D eigenvalue weighted by molar-refractivity contribution is 0.362. The lowest BCUT2D eigenvalue weighted by atomic mass is 10.2. The first-order chi connectivity index (χ1) is 6.77. The fourth-order valence-electron chi connectivity index (χ4n) is 1.68. The second kappa shape index (κ2) is 4.44. The van der Waals surface area contributed by atoms with E-state index in [9.17, 15) is 0 Å². The third-order valence-corrected chi connectivity index (χ3v) is 3.95. The molecule has 0 bridgehead atoms. The molecule has 2 heterocycles. The van der Waals surface area contributed by atoms with Gasteiger partial charge in [0.05, 0.1) is 0 Å². The van der Waals surface area contributed by atoms with Crippen LogP contribution in [0.5, 0.6) is 0 Å². The molecule has 0 aliphatic carbocycles. The van der Waals surface area contributed by atoms with Gasteiger partial charge in [-0.15, -0.1) is 0 Å². The van der Waals surface area contributed by atoms with E-state index in [4.69, 9.17) is 0 Å². The Morgan fingerprint density at radius 3 is 2.93 bits per heavy atom. The molecule has 1 aromatic rings. The molecule has 76 valence electrons. The van der Waals surface area contributed by atoms with Gasteiger partial charge in [-0.1, -0.05) is 6.07 Å². The standard InChI is InChI=1S/C10H14IN3/c1-9-8-13(6-7-14(9)11)10-4-2-3-5-12-10/h2-5,9H,6-8H2,1H3. The van der Waals surface area contributed by atoms with Crippen molar-refractivity contribution in [3.63, 3.8) is 0 Å². The molecule has 0 radical (unpaired) electrons. The van der Waals surface area contributed by atoms with Crippen LogP contribution in [0.25, 0.3) is 0 Å². The molecule has 1 saturated heterocycles. The van der Waals surface area contributed by atoms with E-state index >= 15 is 0 Å². The number of rotatable bonds is 1. The summed E-state index contributed by atoms with van der Waals surface area (Å²) in [5.41, 5.74) is 0. The van der Waals surface area contributed by atoms with Gasteiger partial charge in [0.1, 0.15) is 5.82 Å². The molecule has 1 atom stereocenters. The van der Waals surface area contributed by atoms with Crippen LogP contribution in [0.2, 0.25) is 0 Å². The highest BCUT2D eigenvalue weighted by atomic mass is 127. The molecular formula is C10H14IN3. The van der Waals surface area contributed by atoms with Crippen molar-refractivity contribution in [2.75, 3.05) is 24.5 Å². The summed E-state index contributed by atoms with van der Waals surface area (Å²) in [7, 11) is 0. The van der Waals surface area contributed by atoms with Crippen LogP contribution >= 0.6 is 22.9 Å². The Kier molecular flexibility index (Phi) is 3.22. The molecule has 0 aromatic carbocycles. The lowest BCUT2D eigenvalue weighted by Crippen LogP contribution is -2.47. The van der Waals surface area contributed by atoms with Crippen molar-refractivity contribution in [2.24, 2.45) is 0 Å². The zero-order valence-electron chi connectivity index (χ0n) is 8.23. The fraction of sp³-hybridized carbons (Fsp3) is 0.500. The molecule has 2 rings (SSSR count). The average molecular weight is 303 g/mol. The summed E-state index contributed by atoms with van der Waals surface area (Å²) < 4.78 is 2.36. The van der Waals surface area contributed by atoms with E-state index < -0.39 is 0 Å². The fourth-order valence-corrected chi connectivity index (χ4v) is 2.08. The van der Waals surface area contributed by atoms with Crippen LogP contribution in [-0.4, -0.2) is 33.8 Å². The summed E-state index contributed by atoms with van der Waals surface area (Å²) in [4.78, 5) is 6.71. The van der Waals surface area contributed by atoms with Crippen molar-refractivity contribution in [1.82, 2.24) is 8.10 Å². The van der Waals surface area contributed by atoms with Crippen molar-refractivity contribution in [2.45, 2.75) is 13.0 Å². The molecule has 1 aliphatic rings. The minimum Gasteiger partial charge on any atom is -0.354 e. The third-order valence-electron chi connectivity index (χ3n) is 2.52. The molecule has 0 N–H and O–H groups in total. The van der Waals surface area contributed by atoms with Crippen molar-refractivity contribution in [3.8, 4) is 0 Å². The minimum absolute atomic E-state index is 0.603. The summed E-state index contributed by atoms with van der Waals surface area (Å²) in [6.07, 6.45) is 1.86. The van der Waals surface area contributed by atoms with Gasteiger partial charge in [0.25, 0.3) is 0 Å². The van der Waals surface area contributed by atoms with Gasteiger partial charge in [-0.3, -0.25) is 0 Å². The summed E-state index contributed by atoms with van der Waals surface area (Å²) >= 11 is 2.40. The molecule has 1 aliphatic heterocycles. The molecule has 1 aromatic heterocycles. The Morgan fingerprint density at radius 2 is 2.29 bits per heavy atom. The molecule has 4 heteroatoms. The Hall–Kier alpha value is -0.360. The van der Waals surface area contributed by atoms with Gasteiger partial charge < -0.3 is 4.90 Å². The second-order valence-electron chi connectivity index (χ2n) is 3.61. The quantitative estimate of drug-likeness (QED) is 0.584. The maximum Gasteiger partial charge on any atom is 0.128 e. The molecule has 3 nitrogen and oxygen atoms in total. The normalized spacial score (nSPS) is 23.9. The average Bonchev–Trinajstić information content (AvgIpc) is 2.23. The van der Waals surface area contributed by atoms with Crippen LogP contribution in [-0.2, 0) is 0 Å². The summed E-state index contributed by atoms with van der Waals surface area (Å²) in [6, 6.07) is 6.69. The van der Waals surface area contributed by atoms with Crippen molar-refractivity contribution in [1.29, 1.82) is 0 Å². The van der Waals surface area contributed by atoms with Crippen LogP contribution < -0.4 is 4.90 Å². The summed E-state index contributed by atoms with van der Waals surface area (Å²) in [6.45, 7) is 5.50. The molecule has 1 unspecified atom stereocenters. The van der Waals surface area contributed by atoms with Crippen LogP contribution in [0.3, 0.4) is 0 Å². The number of piperazine rings is 1. The van der Waals surface area contributed by atoms with E-state index in [1.807, 2.05) is 18.3 Å². The predicted molar refractivity (Wildman–Crippen MR) is 66.6 cm³/mol. The molecule has 0 amide bonds. The number of pyridine rings is 1. The molecule has 0 saturated carbocycles. The monoisotopic (exact) mass is 303 g/mol. The molecule has 14 heavy (non-hydrogen) atoms. The van der Waals surface area contributed by atoms with Crippen molar-refractivity contribution >= 4 is 28.7 Å². The van der Waals surface area contributed by atoms with Gasteiger partial charge in [0, 0.05) is 54.7 Å². The van der Waals surface area contributed by atoms with E-state index in [1.54, 1.807) is 0 Å². The minimum atomic E-state index is 0.603. The zero-order chi connectivity index (χ0) is 9.97. The Balaban J connectivity index is 2.07. The Morgan fingerprint density at radius 1 is 1.43 bits per heavy atom. The highest BCUT2D eigenvalue weighted by molar-refractivity contribution is 14.1. The maximum atomic E-state index is 4.37. The molecular weight excluding hydrogens is 289 g/mol. The second-order valence-corrected chi connectivity index (χ2v) is 4.85. The van der Waals surface area contributed by atoms with Crippen LogP contribution in [0.15, 0.2) is 24.4 Å². The van der Waals surface area contributed by atoms with Gasteiger partial charge >= 0.3 is 0 Å². The predicted octanol–water partition coefficient (Wildman–Crippen LogP) is 1.94. The van der Waals surface area contributed by atoms with E-state index in [0.29, 0.717) is 6.04 Å². The maximum absolute atomic E-state index is 4.37. The SMILES string of the molecule is CC1CN(c2ccccn2)CCN1I. The van der Waals surface area contributed by atoms with E-state index in [1.165, 1.54) is 0 Å². The Bertz CT molecular complexity index is 291. The zero-order valence-corrected chi connectivity index (χ0v) is 10.4. The van der Waals surface area contributed by atoms with Gasteiger partial charge in [0.2, 0.25) is 0 Å². The number of halogens is 1. The highest BCUT2D eigenvalue weighted by Gasteiger charge is 2.22. The first kappa shape index (κ1) is 10.2. The first-order valence-electron chi connectivity index (χ1n) is 4.86.